The van der Waals surface area contributed by atoms with E-state index >= 15 is 0 Å². The Morgan fingerprint density at radius 2 is 1.92 bits per heavy atom. The molecule has 0 spiro atoms. The number of carbonyl (C=O) groups excluding carboxylic acids is 1. The standard InChI is InChI=1S/C19H29FN2OS/c1-15-10-16(2)12-22(11-15)9-3-8-21-19(23)14-24-13-17-4-6-18(20)7-5-17/h4-7,15-16H,3,8-14H2,1-2H3,(H,21,23)/t15-,16+. The Morgan fingerprint density at radius 3 is 2.58 bits per heavy atom. The van der Waals surface area contributed by atoms with Crippen molar-refractivity contribution in [3.63, 3.8) is 0 Å². The highest BCUT2D eigenvalue weighted by molar-refractivity contribution is 7.99. The lowest BCUT2D eigenvalue weighted by atomic mass is 9.92. The largest absolute Gasteiger partial charge is 0.355 e. The molecule has 1 fully saturated rings. The van der Waals surface area contributed by atoms with Crippen LogP contribution in [-0.4, -0.2) is 42.7 Å². The molecule has 24 heavy (non-hydrogen) atoms. The van der Waals surface area contributed by atoms with Gasteiger partial charge in [0.2, 0.25) is 5.91 Å². The third kappa shape index (κ3) is 7.22. The summed E-state index contributed by atoms with van der Waals surface area (Å²) in [5, 5.41) is 2.99. The van der Waals surface area contributed by atoms with E-state index in [2.05, 4.69) is 24.1 Å². The monoisotopic (exact) mass is 352 g/mol. The number of amides is 1. The molecule has 3 nitrogen and oxygen atoms in total. The van der Waals surface area contributed by atoms with Gasteiger partial charge in [0.15, 0.2) is 0 Å². The minimum atomic E-state index is -0.223. The zero-order chi connectivity index (χ0) is 17.4. The van der Waals surface area contributed by atoms with E-state index < -0.39 is 0 Å². The van der Waals surface area contributed by atoms with Crippen LogP contribution in [0.2, 0.25) is 0 Å². The molecule has 134 valence electrons. The molecule has 0 unspecified atom stereocenters. The van der Waals surface area contributed by atoms with Crippen molar-refractivity contribution in [1.82, 2.24) is 10.2 Å². The SMILES string of the molecule is C[C@@H]1C[C@H](C)CN(CCCNC(=O)CSCc2ccc(F)cc2)C1. The van der Waals surface area contributed by atoms with Gasteiger partial charge in [-0.2, -0.15) is 0 Å². The van der Waals surface area contributed by atoms with Gasteiger partial charge in [0.1, 0.15) is 5.82 Å². The first-order chi connectivity index (χ1) is 11.5. The Balaban J connectivity index is 1.52. The van der Waals surface area contributed by atoms with Crippen molar-refractivity contribution in [2.75, 3.05) is 31.9 Å². The van der Waals surface area contributed by atoms with Crippen LogP contribution in [0.3, 0.4) is 0 Å². The molecule has 0 aromatic heterocycles. The van der Waals surface area contributed by atoms with E-state index in [9.17, 15) is 9.18 Å². The van der Waals surface area contributed by atoms with Gasteiger partial charge in [-0.05, 0) is 48.9 Å². The van der Waals surface area contributed by atoms with E-state index in [-0.39, 0.29) is 11.7 Å². The van der Waals surface area contributed by atoms with Gasteiger partial charge in [-0.3, -0.25) is 4.79 Å². The fraction of sp³-hybridized carbons (Fsp3) is 0.632. The zero-order valence-electron chi connectivity index (χ0n) is 14.8. The fourth-order valence-corrected chi connectivity index (χ4v) is 4.22. The third-order valence-electron chi connectivity index (χ3n) is 4.33. The Morgan fingerprint density at radius 1 is 1.25 bits per heavy atom. The van der Waals surface area contributed by atoms with Gasteiger partial charge in [-0.15, -0.1) is 11.8 Å². The van der Waals surface area contributed by atoms with Crippen molar-refractivity contribution in [3.8, 4) is 0 Å². The molecule has 1 aromatic carbocycles. The molecule has 1 amide bonds. The topological polar surface area (TPSA) is 32.3 Å². The number of hydrogen-bond acceptors (Lipinski definition) is 3. The van der Waals surface area contributed by atoms with E-state index in [1.807, 2.05) is 0 Å². The van der Waals surface area contributed by atoms with Crippen molar-refractivity contribution in [1.29, 1.82) is 0 Å². The van der Waals surface area contributed by atoms with Gasteiger partial charge >= 0.3 is 0 Å². The predicted octanol–water partition coefficient (Wildman–Crippen LogP) is 3.54. The van der Waals surface area contributed by atoms with Crippen LogP contribution in [0.1, 0.15) is 32.3 Å². The molecule has 1 saturated heterocycles. The number of hydrogen-bond donors (Lipinski definition) is 1. The summed E-state index contributed by atoms with van der Waals surface area (Å²) in [6.07, 6.45) is 2.34. The van der Waals surface area contributed by atoms with Crippen LogP contribution in [-0.2, 0) is 10.5 Å². The molecule has 1 aliphatic rings. The third-order valence-corrected chi connectivity index (χ3v) is 5.34. The number of thioether (sulfide) groups is 1. The van der Waals surface area contributed by atoms with Gasteiger partial charge in [0.05, 0.1) is 5.75 Å². The number of nitrogens with one attached hydrogen (secondary N) is 1. The van der Waals surface area contributed by atoms with E-state index in [0.29, 0.717) is 5.75 Å². The van der Waals surface area contributed by atoms with Crippen LogP contribution < -0.4 is 5.32 Å². The number of piperidine rings is 1. The molecule has 1 N–H and O–H groups in total. The number of halogens is 1. The van der Waals surface area contributed by atoms with Gasteiger partial charge in [0.25, 0.3) is 0 Å². The molecule has 0 aliphatic carbocycles. The number of likely N-dealkylation sites (tertiary alicyclic amines) is 1. The quantitative estimate of drug-likeness (QED) is 0.726. The van der Waals surface area contributed by atoms with E-state index in [1.54, 1.807) is 23.9 Å². The van der Waals surface area contributed by atoms with Gasteiger partial charge < -0.3 is 10.2 Å². The lowest BCUT2D eigenvalue weighted by molar-refractivity contribution is -0.118. The summed E-state index contributed by atoms with van der Waals surface area (Å²) in [6.45, 7) is 8.83. The first-order valence-electron chi connectivity index (χ1n) is 8.84. The van der Waals surface area contributed by atoms with Crippen LogP contribution in [0.4, 0.5) is 4.39 Å². The number of benzene rings is 1. The molecule has 0 bridgehead atoms. The van der Waals surface area contributed by atoms with Crippen molar-refractivity contribution >= 4 is 17.7 Å². The van der Waals surface area contributed by atoms with Crippen molar-refractivity contribution in [2.24, 2.45) is 11.8 Å². The maximum absolute atomic E-state index is 12.8. The predicted molar refractivity (Wildman–Crippen MR) is 99.6 cm³/mol. The van der Waals surface area contributed by atoms with Gasteiger partial charge in [0, 0.05) is 25.4 Å². The highest BCUT2D eigenvalue weighted by Gasteiger charge is 2.20. The normalized spacial score (nSPS) is 21.6. The molecular weight excluding hydrogens is 323 g/mol. The molecule has 1 heterocycles. The maximum atomic E-state index is 12.8. The molecule has 2 atom stereocenters. The van der Waals surface area contributed by atoms with E-state index in [1.165, 1.54) is 31.6 Å². The molecule has 0 radical (unpaired) electrons. The van der Waals surface area contributed by atoms with Crippen LogP contribution in [0, 0.1) is 17.7 Å². The molecule has 1 aliphatic heterocycles. The molecule has 5 heteroatoms. The van der Waals surface area contributed by atoms with Crippen molar-refractivity contribution in [3.05, 3.63) is 35.6 Å². The fourth-order valence-electron chi connectivity index (χ4n) is 3.40. The Labute approximate surface area is 149 Å². The van der Waals surface area contributed by atoms with E-state index in [0.717, 1.165) is 42.7 Å². The highest BCUT2D eigenvalue weighted by Crippen LogP contribution is 2.20. The van der Waals surface area contributed by atoms with Crippen LogP contribution in [0.15, 0.2) is 24.3 Å². The lowest BCUT2D eigenvalue weighted by Gasteiger charge is -2.34. The lowest BCUT2D eigenvalue weighted by Crippen LogP contribution is -2.40. The minimum Gasteiger partial charge on any atom is -0.355 e. The van der Waals surface area contributed by atoms with Gasteiger partial charge in [-0.1, -0.05) is 26.0 Å². The zero-order valence-corrected chi connectivity index (χ0v) is 15.6. The number of carbonyl (C=O) groups is 1. The molecule has 2 rings (SSSR count). The average Bonchev–Trinajstić information content (AvgIpc) is 2.53. The Hall–Kier alpha value is -1.07. The number of rotatable bonds is 8. The summed E-state index contributed by atoms with van der Waals surface area (Å²) >= 11 is 1.56. The summed E-state index contributed by atoms with van der Waals surface area (Å²) in [7, 11) is 0. The second-order valence-corrected chi connectivity index (χ2v) is 8.01. The first-order valence-corrected chi connectivity index (χ1v) is 9.99. The maximum Gasteiger partial charge on any atom is 0.230 e. The van der Waals surface area contributed by atoms with Crippen molar-refractivity contribution in [2.45, 2.75) is 32.4 Å². The van der Waals surface area contributed by atoms with Crippen LogP contribution in [0.25, 0.3) is 0 Å². The number of nitrogens with zero attached hydrogens (tertiary/aromatic N) is 1. The summed E-state index contributed by atoms with van der Waals surface area (Å²) in [6, 6.07) is 6.44. The summed E-state index contributed by atoms with van der Waals surface area (Å²) in [4.78, 5) is 14.4. The summed E-state index contributed by atoms with van der Waals surface area (Å²) in [5.41, 5.74) is 1.04. The van der Waals surface area contributed by atoms with Crippen LogP contribution in [0.5, 0.6) is 0 Å². The second kappa shape index (κ2) is 10.0. The molecule has 1 aromatic rings. The summed E-state index contributed by atoms with van der Waals surface area (Å²) in [5.74, 6) is 2.62. The van der Waals surface area contributed by atoms with E-state index in [4.69, 9.17) is 0 Å². The highest BCUT2D eigenvalue weighted by atomic mass is 32.2. The average molecular weight is 353 g/mol. The second-order valence-electron chi connectivity index (χ2n) is 7.03. The first kappa shape index (κ1) is 19.3. The smallest absolute Gasteiger partial charge is 0.230 e. The molecular formula is C19H29FN2OS. The van der Waals surface area contributed by atoms with Crippen molar-refractivity contribution < 1.29 is 9.18 Å². The Bertz CT molecular complexity index is 499. The minimum absolute atomic E-state index is 0.0856. The van der Waals surface area contributed by atoms with Crippen LogP contribution >= 0.6 is 11.8 Å². The molecule has 0 saturated carbocycles. The summed E-state index contributed by atoms with van der Waals surface area (Å²) < 4.78 is 12.8. The Kier molecular flexibility index (Phi) is 8.06. The van der Waals surface area contributed by atoms with Gasteiger partial charge in [-0.25, -0.2) is 4.39 Å².